The fourth-order valence-electron chi connectivity index (χ4n) is 3.29. The number of benzene rings is 1. The van der Waals surface area contributed by atoms with E-state index in [9.17, 15) is 9.90 Å². The van der Waals surface area contributed by atoms with Crippen molar-refractivity contribution in [2.45, 2.75) is 37.8 Å². The molecular formula is C14H14N2O3. The van der Waals surface area contributed by atoms with Crippen molar-refractivity contribution in [2.24, 2.45) is 0 Å². The minimum Gasteiger partial charge on any atom is -0.508 e. The second-order valence-electron chi connectivity index (χ2n) is 5.39. The number of phenols is 1. The number of anilines is 1. The first kappa shape index (κ1) is 10.8. The third-order valence-corrected chi connectivity index (χ3v) is 4.13. The number of carbonyl (C=O) groups is 1. The third kappa shape index (κ3) is 1.61. The van der Waals surface area contributed by atoms with Crippen molar-refractivity contribution in [1.29, 1.82) is 0 Å². The van der Waals surface area contributed by atoms with Gasteiger partial charge in [-0.1, -0.05) is 0 Å². The summed E-state index contributed by atoms with van der Waals surface area (Å²) in [5.74, 6) is 0.518. The Kier molecular flexibility index (Phi) is 2.13. The molecular weight excluding hydrogens is 244 g/mol. The number of piperidine rings is 1. The molecule has 4 rings (SSSR count). The standard InChI is InChI=1S/C14H14N2O3/c17-10-3-4-12-13(7-10)19-14(15-12)16-8-1-2-9(16)6-11(18)5-8/h3-4,7-9,17H,1-2,5-6H2. The Balaban J connectivity index is 1.76. The lowest BCUT2D eigenvalue weighted by Gasteiger charge is -2.32. The fourth-order valence-corrected chi connectivity index (χ4v) is 3.29. The number of Topliss-reactive ketones (excluding diaryl/α,β-unsaturated/α-hetero) is 1. The molecule has 2 aliphatic rings. The quantitative estimate of drug-likeness (QED) is 0.849. The summed E-state index contributed by atoms with van der Waals surface area (Å²) in [7, 11) is 0. The van der Waals surface area contributed by atoms with Gasteiger partial charge in [0, 0.05) is 31.0 Å². The molecule has 98 valence electrons. The number of nitrogens with zero attached hydrogens (tertiary/aromatic N) is 2. The highest BCUT2D eigenvalue weighted by molar-refractivity contribution is 5.83. The van der Waals surface area contributed by atoms with Gasteiger partial charge in [-0.05, 0) is 25.0 Å². The van der Waals surface area contributed by atoms with Crippen LogP contribution in [0.25, 0.3) is 11.1 Å². The molecule has 2 atom stereocenters. The third-order valence-electron chi connectivity index (χ3n) is 4.13. The molecule has 1 aromatic heterocycles. The van der Waals surface area contributed by atoms with Crippen LogP contribution in [0.15, 0.2) is 22.6 Å². The smallest absolute Gasteiger partial charge is 0.298 e. The zero-order chi connectivity index (χ0) is 13.0. The number of carbonyl (C=O) groups excluding carboxylic acids is 1. The van der Waals surface area contributed by atoms with E-state index in [1.807, 2.05) is 0 Å². The van der Waals surface area contributed by atoms with Crippen LogP contribution in [-0.2, 0) is 4.79 Å². The topological polar surface area (TPSA) is 66.6 Å². The Hall–Kier alpha value is -2.04. The number of oxazole rings is 1. The zero-order valence-corrected chi connectivity index (χ0v) is 10.4. The predicted molar refractivity (Wildman–Crippen MR) is 69.2 cm³/mol. The first-order chi connectivity index (χ1) is 9.20. The molecule has 2 saturated heterocycles. The van der Waals surface area contributed by atoms with Gasteiger partial charge in [0.25, 0.3) is 6.01 Å². The van der Waals surface area contributed by atoms with Gasteiger partial charge in [-0.2, -0.15) is 4.98 Å². The van der Waals surface area contributed by atoms with E-state index in [0.29, 0.717) is 30.2 Å². The summed E-state index contributed by atoms with van der Waals surface area (Å²) >= 11 is 0. The van der Waals surface area contributed by atoms with Crippen molar-refractivity contribution in [1.82, 2.24) is 4.98 Å². The molecule has 0 saturated carbocycles. The molecule has 2 aliphatic heterocycles. The molecule has 2 bridgehead atoms. The number of hydrogen-bond donors (Lipinski definition) is 1. The molecule has 2 unspecified atom stereocenters. The number of ketones is 1. The largest absolute Gasteiger partial charge is 0.508 e. The molecule has 0 aliphatic carbocycles. The Labute approximate surface area is 109 Å². The van der Waals surface area contributed by atoms with Crippen molar-refractivity contribution < 1.29 is 14.3 Å². The van der Waals surface area contributed by atoms with Crippen LogP contribution in [0.2, 0.25) is 0 Å². The van der Waals surface area contributed by atoms with Crippen LogP contribution in [0.5, 0.6) is 5.75 Å². The highest BCUT2D eigenvalue weighted by Crippen LogP contribution is 2.38. The molecule has 0 amide bonds. The van der Waals surface area contributed by atoms with Crippen LogP contribution in [0.1, 0.15) is 25.7 Å². The van der Waals surface area contributed by atoms with Gasteiger partial charge in [-0.25, -0.2) is 0 Å². The van der Waals surface area contributed by atoms with Crippen LogP contribution in [0.3, 0.4) is 0 Å². The van der Waals surface area contributed by atoms with Crippen molar-refractivity contribution in [3.05, 3.63) is 18.2 Å². The Morgan fingerprint density at radius 1 is 1.26 bits per heavy atom. The van der Waals surface area contributed by atoms with Gasteiger partial charge in [0.1, 0.15) is 17.0 Å². The van der Waals surface area contributed by atoms with Gasteiger partial charge in [-0.3, -0.25) is 4.79 Å². The first-order valence-corrected chi connectivity index (χ1v) is 6.60. The van der Waals surface area contributed by atoms with Gasteiger partial charge in [0.05, 0.1) is 0 Å². The van der Waals surface area contributed by atoms with Crippen LogP contribution in [-0.4, -0.2) is 28.0 Å². The summed E-state index contributed by atoms with van der Waals surface area (Å²) in [6.45, 7) is 0. The summed E-state index contributed by atoms with van der Waals surface area (Å²) in [6.07, 6.45) is 3.25. The van der Waals surface area contributed by atoms with E-state index in [-0.39, 0.29) is 17.8 Å². The van der Waals surface area contributed by atoms with Gasteiger partial charge in [0.15, 0.2) is 5.58 Å². The second-order valence-corrected chi connectivity index (χ2v) is 5.39. The van der Waals surface area contributed by atoms with Crippen molar-refractivity contribution in [3.8, 4) is 5.75 Å². The summed E-state index contributed by atoms with van der Waals surface area (Å²) in [5, 5.41) is 9.45. The van der Waals surface area contributed by atoms with Crippen molar-refractivity contribution in [2.75, 3.05) is 4.90 Å². The van der Waals surface area contributed by atoms with E-state index in [2.05, 4.69) is 9.88 Å². The number of aromatic nitrogens is 1. The Morgan fingerprint density at radius 3 is 2.74 bits per heavy atom. The predicted octanol–water partition coefficient (Wildman–Crippen LogP) is 2.23. The number of hydrogen-bond acceptors (Lipinski definition) is 5. The lowest BCUT2D eigenvalue weighted by atomic mass is 10.0. The van der Waals surface area contributed by atoms with E-state index in [0.717, 1.165) is 18.4 Å². The summed E-state index contributed by atoms with van der Waals surface area (Å²) in [5.41, 5.74) is 1.33. The monoisotopic (exact) mass is 258 g/mol. The minimum atomic E-state index is 0.173. The lowest BCUT2D eigenvalue weighted by Crippen LogP contribution is -2.43. The van der Waals surface area contributed by atoms with E-state index >= 15 is 0 Å². The highest BCUT2D eigenvalue weighted by Gasteiger charge is 2.42. The van der Waals surface area contributed by atoms with Crippen molar-refractivity contribution in [3.63, 3.8) is 0 Å². The fraction of sp³-hybridized carbons (Fsp3) is 0.429. The molecule has 2 aromatic rings. The molecule has 0 radical (unpaired) electrons. The van der Waals surface area contributed by atoms with Crippen LogP contribution < -0.4 is 4.90 Å². The van der Waals surface area contributed by atoms with Crippen molar-refractivity contribution >= 4 is 22.9 Å². The summed E-state index contributed by atoms with van der Waals surface area (Å²) in [4.78, 5) is 18.2. The summed E-state index contributed by atoms with van der Waals surface area (Å²) < 4.78 is 5.75. The maximum absolute atomic E-state index is 11.6. The summed E-state index contributed by atoms with van der Waals surface area (Å²) in [6, 6.07) is 5.96. The lowest BCUT2D eigenvalue weighted by molar-refractivity contribution is -0.120. The Morgan fingerprint density at radius 2 is 2.00 bits per heavy atom. The molecule has 2 fully saturated rings. The molecule has 3 heterocycles. The second kappa shape index (κ2) is 3.73. The van der Waals surface area contributed by atoms with Crippen LogP contribution >= 0.6 is 0 Å². The molecule has 1 N–H and O–H groups in total. The van der Waals surface area contributed by atoms with E-state index in [4.69, 9.17) is 4.42 Å². The van der Waals surface area contributed by atoms with Gasteiger partial charge >= 0.3 is 0 Å². The Bertz CT molecular complexity index is 648. The first-order valence-electron chi connectivity index (χ1n) is 6.60. The van der Waals surface area contributed by atoms with Gasteiger partial charge in [0.2, 0.25) is 0 Å². The highest BCUT2D eigenvalue weighted by atomic mass is 16.4. The van der Waals surface area contributed by atoms with E-state index in [1.165, 1.54) is 0 Å². The molecule has 19 heavy (non-hydrogen) atoms. The zero-order valence-electron chi connectivity index (χ0n) is 10.4. The molecule has 0 spiro atoms. The van der Waals surface area contributed by atoms with Gasteiger partial charge < -0.3 is 14.4 Å². The number of phenolic OH excluding ortho intramolecular Hbond substituents is 1. The molecule has 5 nitrogen and oxygen atoms in total. The SMILES string of the molecule is O=C1CC2CCC(C1)N2c1nc2ccc(O)cc2o1. The molecule has 1 aromatic carbocycles. The average Bonchev–Trinajstić information content (AvgIpc) is 2.88. The van der Waals surface area contributed by atoms with Crippen LogP contribution in [0, 0.1) is 0 Å². The minimum absolute atomic E-state index is 0.173. The van der Waals surface area contributed by atoms with E-state index in [1.54, 1.807) is 18.2 Å². The maximum atomic E-state index is 11.6. The number of rotatable bonds is 1. The number of fused-ring (bicyclic) bond motifs is 3. The normalized spacial score (nSPS) is 26.3. The molecule has 5 heteroatoms. The number of aromatic hydroxyl groups is 1. The van der Waals surface area contributed by atoms with Gasteiger partial charge in [-0.15, -0.1) is 0 Å². The average molecular weight is 258 g/mol. The van der Waals surface area contributed by atoms with Crippen LogP contribution in [0.4, 0.5) is 6.01 Å². The van der Waals surface area contributed by atoms with E-state index < -0.39 is 0 Å². The maximum Gasteiger partial charge on any atom is 0.298 e.